The van der Waals surface area contributed by atoms with Crippen LogP contribution in [0.5, 0.6) is 0 Å². The number of ether oxygens (including phenoxy) is 1. The first-order valence-electron chi connectivity index (χ1n) is 8.23. The van der Waals surface area contributed by atoms with Crippen molar-refractivity contribution in [3.05, 3.63) is 57.7 Å². The molecule has 0 saturated heterocycles. The van der Waals surface area contributed by atoms with Gasteiger partial charge in [0.2, 0.25) is 0 Å². The van der Waals surface area contributed by atoms with E-state index < -0.39 is 30.6 Å². The molecule has 0 fully saturated rings. The number of halogens is 3. The number of hydrogen-bond acceptors (Lipinski definition) is 4. The molecule has 0 bridgehead atoms. The van der Waals surface area contributed by atoms with Gasteiger partial charge in [0.25, 0.3) is 0 Å². The van der Waals surface area contributed by atoms with Crippen molar-refractivity contribution in [2.24, 2.45) is 0 Å². The molecule has 0 spiro atoms. The molecule has 1 N–H and O–H groups in total. The number of allylic oxidation sites excluding steroid dienone is 3. The van der Waals surface area contributed by atoms with Crippen molar-refractivity contribution >= 4 is 11.8 Å². The Labute approximate surface area is 148 Å². The zero-order valence-electron chi connectivity index (χ0n) is 14.4. The van der Waals surface area contributed by atoms with Crippen molar-refractivity contribution in [3.8, 4) is 0 Å². The van der Waals surface area contributed by atoms with Crippen molar-refractivity contribution in [3.63, 3.8) is 0 Å². The van der Waals surface area contributed by atoms with Crippen LogP contribution in [-0.2, 0) is 14.3 Å². The van der Waals surface area contributed by atoms with E-state index in [1.807, 2.05) is 0 Å². The van der Waals surface area contributed by atoms with Crippen molar-refractivity contribution in [1.82, 2.24) is 5.32 Å². The molecule has 3 rings (SSSR count). The highest BCUT2D eigenvalue weighted by atomic mass is 19.1. The molecule has 1 aliphatic heterocycles. The van der Waals surface area contributed by atoms with Crippen LogP contribution in [0.3, 0.4) is 0 Å². The van der Waals surface area contributed by atoms with E-state index in [1.54, 1.807) is 0 Å². The molecule has 1 heterocycles. The minimum absolute atomic E-state index is 0.0444. The number of ketones is 1. The molecule has 1 aromatic rings. The number of nitrogens with one attached hydrogen (secondary N) is 1. The van der Waals surface area contributed by atoms with Crippen LogP contribution in [0.1, 0.15) is 43.0 Å². The first-order chi connectivity index (χ1) is 12.4. The van der Waals surface area contributed by atoms with Crippen LogP contribution in [0.4, 0.5) is 13.2 Å². The average molecular weight is 365 g/mol. The van der Waals surface area contributed by atoms with Gasteiger partial charge in [-0.2, -0.15) is 0 Å². The number of methoxy groups -OCH3 is 1. The molecule has 1 aromatic carbocycles. The van der Waals surface area contributed by atoms with E-state index >= 15 is 0 Å². The molecule has 7 heteroatoms. The number of dihydropyridines is 1. The highest BCUT2D eigenvalue weighted by molar-refractivity contribution is 6.05. The van der Waals surface area contributed by atoms with Gasteiger partial charge < -0.3 is 10.1 Å². The molecule has 0 amide bonds. The number of carbonyl (C=O) groups excluding carboxylic acids is 2. The quantitative estimate of drug-likeness (QED) is 0.829. The molecule has 0 unspecified atom stereocenters. The number of alkyl halides is 2. The second kappa shape index (κ2) is 6.97. The first-order valence-corrected chi connectivity index (χ1v) is 8.23. The summed E-state index contributed by atoms with van der Waals surface area (Å²) in [4.78, 5) is 24.8. The summed E-state index contributed by atoms with van der Waals surface area (Å²) in [5.41, 5.74) is 0.451. The predicted octanol–water partition coefficient (Wildman–Crippen LogP) is 3.56. The standard InChI is InChI=1S/C19H18F3NO3/c1-9(21)15-10(4-3-5-11(15)22)16-17-12(6-7-14(17)24)23-13(8-20)18(16)19(25)26-2/h3-5,9,16,23H,6-8H2,1-2H3/t9-,16+/m1/s1. The molecule has 0 aromatic heterocycles. The molecule has 4 nitrogen and oxygen atoms in total. The smallest absolute Gasteiger partial charge is 0.336 e. The van der Waals surface area contributed by atoms with E-state index in [-0.39, 0.29) is 40.2 Å². The maximum absolute atomic E-state index is 14.3. The lowest BCUT2D eigenvalue weighted by Crippen LogP contribution is -2.32. The summed E-state index contributed by atoms with van der Waals surface area (Å²) in [6.45, 7) is 0.175. The first kappa shape index (κ1) is 18.2. The van der Waals surface area contributed by atoms with E-state index in [9.17, 15) is 22.8 Å². The Balaban J connectivity index is 2.31. The fourth-order valence-corrected chi connectivity index (χ4v) is 3.70. The Hall–Kier alpha value is -2.57. The van der Waals surface area contributed by atoms with Crippen LogP contribution in [0.25, 0.3) is 0 Å². The molecule has 1 aliphatic carbocycles. The van der Waals surface area contributed by atoms with Crippen LogP contribution < -0.4 is 5.32 Å². The Bertz CT molecular complexity index is 842. The van der Waals surface area contributed by atoms with Gasteiger partial charge in [0.1, 0.15) is 18.7 Å². The Kier molecular flexibility index (Phi) is 4.89. The normalized spacial score (nSPS) is 20.8. The van der Waals surface area contributed by atoms with Gasteiger partial charge in [0, 0.05) is 29.2 Å². The third kappa shape index (κ3) is 2.81. The molecule has 0 saturated carbocycles. The van der Waals surface area contributed by atoms with E-state index in [2.05, 4.69) is 5.32 Å². The maximum atomic E-state index is 14.3. The summed E-state index contributed by atoms with van der Waals surface area (Å²) in [5, 5.41) is 2.80. The van der Waals surface area contributed by atoms with Gasteiger partial charge in [-0.05, 0) is 25.0 Å². The number of esters is 1. The summed E-state index contributed by atoms with van der Waals surface area (Å²) in [6.07, 6.45) is -1.12. The SMILES string of the molecule is COC(=O)C1=C(CF)NC2=C(C(=O)CC2)[C@@H]1c1cccc(F)c1[C@@H](C)F. The van der Waals surface area contributed by atoms with Crippen molar-refractivity contribution in [2.45, 2.75) is 31.9 Å². The lowest BCUT2D eigenvalue weighted by molar-refractivity contribution is -0.136. The summed E-state index contributed by atoms with van der Waals surface area (Å²) in [5.74, 6) is -2.93. The molecule has 0 radical (unpaired) electrons. The van der Waals surface area contributed by atoms with E-state index in [0.717, 1.165) is 13.2 Å². The fourth-order valence-electron chi connectivity index (χ4n) is 3.70. The highest BCUT2D eigenvalue weighted by Gasteiger charge is 2.42. The third-order valence-electron chi connectivity index (χ3n) is 4.77. The fraction of sp³-hybridized carbons (Fsp3) is 0.368. The number of Topliss-reactive ketones (excluding diaryl/α,β-unsaturated/α-hetero) is 1. The van der Waals surface area contributed by atoms with Crippen LogP contribution in [0, 0.1) is 5.82 Å². The maximum Gasteiger partial charge on any atom is 0.336 e. The average Bonchev–Trinajstić information content (AvgIpc) is 2.99. The van der Waals surface area contributed by atoms with Gasteiger partial charge in [-0.1, -0.05) is 12.1 Å². The van der Waals surface area contributed by atoms with Crippen LogP contribution in [-0.4, -0.2) is 25.5 Å². The lowest BCUT2D eigenvalue weighted by Gasteiger charge is -2.30. The number of carbonyl (C=O) groups is 2. The Morgan fingerprint density at radius 3 is 2.73 bits per heavy atom. The van der Waals surface area contributed by atoms with Gasteiger partial charge in [0.05, 0.1) is 18.4 Å². The zero-order valence-corrected chi connectivity index (χ0v) is 14.4. The minimum Gasteiger partial charge on any atom is -0.466 e. The molecular weight excluding hydrogens is 347 g/mol. The lowest BCUT2D eigenvalue weighted by atomic mass is 9.78. The second-order valence-electron chi connectivity index (χ2n) is 6.25. The highest BCUT2D eigenvalue weighted by Crippen LogP contribution is 2.46. The van der Waals surface area contributed by atoms with Crippen LogP contribution >= 0.6 is 0 Å². The van der Waals surface area contributed by atoms with Gasteiger partial charge in [-0.25, -0.2) is 18.0 Å². The van der Waals surface area contributed by atoms with Crippen molar-refractivity contribution in [1.29, 1.82) is 0 Å². The van der Waals surface area contributed by atoms with Crippen molar-refractivity contribution < 1.29 is 27.5 Å². The van der Waals surface area contributed by atoms with Gasteiger partial charge in [-0.3, -0.25) is 4.79 Å². The van der Waals surface area contributed by atoms with E-state index in [1.165, 1.54) is 19.1 Å². The largest absolute Gasteiger partial charge is 0.466 e. The number of benzene rings is 1. The summed E-state index contributed by atoms with van der Waals surface area (Å²) in [6, 6.07) is 3.95. The number of hydrogen-bond donors (Lipinski definition) is 1. The molecule has 2 aliphatic rings. The van der Waals surface area contributed by atoms with Crippen molar-refractivity contribution in [2.75, 3.05) is 13.8 Å². The second-order valence-corrected chi connectivity index (χ2v) is 6.25. The molecular formula is C19H18F3NO3. The van der Waals surface area contributed by atoms with Crippen LogP contribution in [0.15, 0.2) is 40.7 Å². The Morgan fingerprint density at radius 1 is 1.38 bits per heavy atom. The van der Waals surface area contributed by atoms with E-state index in [4.69, 9.17) is 4.74 Å². The van der Waals surface area contributed by atoms with E-state index in [0.29, 0.717) is 12.1 Å². The van der Waals surface area contributed by atoms with Crippen LogP contribution in [0.2, 0.25) is 0 Å². The zero-order chi connectivity index (χ0) is 19.0. The topological polar surface area (TPSA) is 55.4 Å². The molecule has 2 atom stereocenters. The summed E-state index contributed by atoms with van der Waals surface area (Å²) >= 11 is 0. The van der Waals surface area contributed by atoms with Gasteiger partial charge in [-0.15, -0.1) is 0 Å². The monoisotopic (exact) mass is 365 g/mol. The minimum atomic E-state index is -1.67. The predicted molar refractivity (Wildman–Crippen MR) is 88.1 cm³/mol. The van der Waals surface area contributed by atoms with Gasteiger partial charge >= 0.3 is 5.97 Å². The Morgan fingerprint density at radius 2 is 2.12 bits per heavy atom. The number of rotatable bonds is 4. The molecule has 138 valence electrons. The third-order valence-corrected chi connectivity index (χ3v) is 4.77. The van der Waals surface area contributed by atoms with Gasteiger partial charge in [0.15, 0.2) is 5.78 Å². The molecule has 26 heavy (non-hydrogen) atoms. The summed E-state index contributed by atoms with van der Waals surface area (Å²) < 4.78 is 46.9. The summed E-state index contributed by atoms with van der Waals surface area (Å²) in [7, 11) is 1.13.